The second-order valence-corrected chi connectivity index (χ2v) is 5.78. The van der Waals surface area contributed by atoms with E-state index in [0.29, 0.717) is 33.5 Å². The summed E-state index contributed by atoms with van der Waals surface area (Å²) in [4.78, 5) is 11.3. The predicted octanol–water partition coefficient (Wildman–Crippen LogP) is 5.00. The van der Waals surface area contributed by atoms with Crippen LogP contribution in [-0.4, -0.2) is 19.2 Å². The van der Waals surface area contributed by atoms with Gasteiger partial charge in [-0.3, -0.25) is 0 Å². The van der Waals surface area contributed by atoms with Crippen LogP contribution >= 0.6 is 23.2 Å². The summed E-state index contributed by atoms with van der Waals surface area (Å²) in [5.41, 5.74) is 1.95. The first-order valence-corrected chi connectivity index (χ1v) is 8.24. The maximum Gasteiger partial charge on any atom is 0.344 e. The van der Waals surface area contributed by atoms with Gasteiger partial charge in [-0.05, 0) is 48.4 Å². The zero-order valence-corrected chi connectivity index (χ0v) is 15.0. The standard InChI is InChI=1S/C19H15Cl2NO3/c1-2-24-19(23)12-25-16-6-3-13(4-7-16)9-15(11-22)14-5-8-17(20)18(21)10-14/h3-10H,2,12H2,1H3/b15-9-. The fraction of sp³-hybridized carbons (Fsp3) is 0.158. The Bertz CT molecular complexity index is 824. The third-order valence-corrected chi connectivity index (χ3v) is 3.94. The lowest BCUT2D eigenvalue weighted by molar-refractivity contribution is -0.145. The first kappa shape index (κ1) is 18.9. The molecule has 25 heavy (non-hydrogen) atoms. The van der Waals surface area contributed by atoms with Gasteiger partial charge in [-0.15, -0.1) is 0 Å². The maximum absolute atomic E-state index is 11.3. The van der Waals surface area contributed by atoms with E-state index in [2.05, 4.69) is 6.07 Å². The molecule has 0 aromatic heterocycles. The molecule has 0 spiro atoms. The summed E-state index contributed by atoms with van der Waals surface area (Å²) < 4.78 is 10.1. The van der Waals surface area contributed by atoms with Crippen molar-refractivity contribution >= 4 is 40.8 Å². The molecular formula is C19H15Cl2NO3. The molecule has 6 heteroatoms. The average molecular weight is 376 g/mol. The largest absolute Gasteiger partial charge is 0.482 e. The van der Waals surface area contributed by atoms with Crippen LogP contribution in [0.4, 0.5) is 0 Å². The van der Waals surface area contributed by atoms with Crippen molar-refractivity contribution in [2.24, 2.45) is 0 Å². The second kappa shape index (κ2) is 9.12. The summed E-state index contributed by atoms with van der Waals surface area (Å²) >= 11 is 11.9. The van der Waals surface area contributed by atoms with Gasteiger partial charge in [0.1, 0.15) is 5.75 Å². The molecular weight excluding hydrogens is 361 g/mol. The molecule has 0 bridgehead atoms. The van der Waals surface area contributed by atoms with Gasteiger partial charge in [0.25, 0.3) is 0 Å². The number of halogens is 2. The van der Waals surface area contributed by atoms with Crippen LogP contribution in [0, 0.1) is 11.3 Å². The predicted molar refractivity (Wildman–Crippen MR) is 98.5 cm³/mol. The fourth-order valence-electron chi connectivity index (χ4n) is 2.02. The third kappa shape index (κ3) is 5.53. The lowest BCUT2D eigenvalue weighted by Crippen LogP contribution is -2.14. The number of nitriles is 1. The molecule has 0 saturated heterocycles. The number of ether oxygens (including phenoxy) is 2. The van der Waals surface area contributed by atoms with Crippen LogP contribution in [0.25, 0.3) is 11.6 Å². The van der Waals surface area contributed by atoms with E-state index in [9.17, 15) is 10.1 Å². The number of hydrogen-bond donors (Lipinski definition) is 0. The molecule has 0 saturated carbocycles. The Morgan fingerprint density at radius 1 is 1.16 bits per heavy atom. The maximum atomic E-state index is 11.3. The Balaban J connectivity index is 2.12. The highest BCUT2D eigenvalue weighted by Crippen LogP contribution is 2.27. The lowest BCUT2D eigenvalue weighted by atomic mass is 10.0. The van der Waals surface area contributed by atoms with Crippen LogP contribution in [-0.2, 0) is 9.53 Å². The molecule has 0 amide bonds. The van der Waals surface area contributed by atoms with Crippen LogP contribution in [0.5, 0.6) is 5.75 Å². The third-order valence-electron chi connectivity index (χ3n) is 3.20. The summed E-state index contributed by atoms with van der Waals surface area (Å²) in [6.07, 6.45) is 1.73. The van der Waals surface area contributed by atoms with Crippen molar-refractivity contribution in [3.8, 4) is 11.8 Å². The number of rotatable bonds is 6. The van der Waals surface area contributed by atoms with Gasteiger partial charge in [0, 0.05) is 0 Å². The Hall–Kier alpha value is -2.48. The summed E-state index contributed by atoms with van der Waals surface area (Å²) in [5, 5.41) is 10.2. The summed E-state index contributed by atoms with van der Waals surface area (Å²) in [6.45, 7) is 1.91. The molecule has 0 N–H and O–H groups in total. The highest BCUT2D eigenvalue weighted by Gasteiger charge is 2.06. The molecule has 2 aromatic rings. The summed E-state index contributed by atoms with van der Waals surface area (Å²) in [5.74, 6) is 0.121. The first-order chi connectivity index (χ1) is 12.0. The Labute approximate surface area is 156 Å². The molecule has 2 rings (SSSR count). The zero-order chi connectivity index (χ0) is 18.2. The number of carbonyl (C=O) groups excluding carboxylic acids is 1. The fourth-order valence-corrected chi connectivity index (χ4v) is 2.31. The number of carbonyl (C=O) groups is 1. The minimum atomic E-state index is -0.419. The topological polar surface area (TPSA) is 59.3 Å². The van der Waals surface area contributed by atoms with Crippen molar-refractivity contribution in [3.63, 3.8) is 0 Å². The second-order valence-electron chi connectivity index (χ2n) is 4.96. The van der Waals surface area contributed by atoms with E-state index in [1.54, 1.807) is 55.5 Å². The Kier molecular flexibility index (Phi) is 6.88. The summed E-state index contributed by atoms with van der Waals surface area (Å²) in [7, 11) is 0. The van der Waals surface area contributed by atoms with E-state index in [1.165, 1.54) is 0 Å². The van der Waals surface area contributed by atoms with Crippen LogP contribution in [0.1, 0.15) is 18.1 Å². The SMILES string of the molecule is CCOC(=O)COc1ccc(/C=C(/C#N)c2ccc(Cl)c(Cl)c2)cc1. The summed E-state index contributed by atoms with van der Waals surface area (Å²) in [6, 6.07) is 14.2. The first-order valence-electron chi connectivity index (χ1n) is 7.49. The molecule has 4 nitrogen and oxygen atoms in total. The van der Waals surface area contributed by atoms with E-state index in [1.807, 2.05) is 0 Å². The van der Waals surface area contributed by atoms with Gasteiger partial charge in [-0.2, -0.15) is 5.26 Å². The quantitative estimate of drug-likeness (QED) is 0.404. The van der Waals surface area contributed by atoms with E-state index in [4.69, 9.17) is 32.7 Å². The minimum Gasteiger partial charge on any atom is -0.482 e. The lowest BCUT2D eigenvalue weighted by Gasteiger charge is -2.06. The molecule has 0 aliphatic heterocycles. The van der Waals surface area contributed by atoms with Crippen LogP contribution in [0.3, 0.4) is 0 Å². The molecule has 128 valence electrons. The Morgan fingerprint density at radius 2 is 1.88 bits per heavy atom. The van der Waals surface area contributed by atoms with Gasteiger partial charge in [0.15, 0.2) is 6.61 Å². The molecule has 0 heterocycles. The molecule has 0 unspecified atom stereocenters. The number of benzene rings is 2. The van der Waals surface area contributed by atoms with E-state index in [0.717, 1.165) is 5.56 Å². The molecule has 0 radical (unpaired) electrons. The van der Waals surface area contributed by atoms with E-state index in [-0.39, 0.29) is 6.61 Å². The van der Waals surface area contributed by atoms with Gasteiger partial charge in [-0.1, -0.05) is 41.4 Å². The van der Waals surface area contributed by atoms with Gasteiger partial charge in [-0.25, -0.2) is 4.79 Å². The minimum absolute atomic E-state index is 0.143. The van der Waals surface area contributed by atoms with Crippen molar-refractivity contribution in [1.82, 2.24) is 0 Å². The Morgan fingerprint density at radius 3 is 2.48 bits per heavy atom. The molecule has 0 aliphatic rings. The highest BCUT2D eigenvalue weighted by atomic mass is 35.5. The molecule has 0 aliphatic carbocycles. The number of allylic oxidation sites excluding steroid dienone is 1. The zero-order valence-electron chi connectivity index (χ0n) is 13.5. The molecule has 0 fully saturated rings. The van der Waals surface area contributed by atoms with E-state index >= 15 is 0 Å². The average Bonchev–Trinajstić information content (AvgIpc) is 2.61. The van der Waals surface area contributed by atoms with Gasteiger partial charge < -0.3 is 9.47 Å². The van der Waals surface area contributed by atoms with Crippen LogP contribution in [0.2, 0.25) is 10.0 Å². The van der Waals surface area contributed by atoms with Crippen LogP contribution < -0.4 is 4.74 Å². The van der Waals surface area contributed by atoms with Crippen molar-refractivity contribution in [1.29, 1.82) is 5.26 Å². The number of hydrogen-bond acceptors (Lipinski definition) is 4. The number of nitrogens with zero attached hydrogens (tertiary/aromatic N) is 1. The smallest absolute Gasteiger partial charge is 0.344 e. The van der Waals surface area contributed by atoms with Crippen molar-refractivity contribution in [2.45, 2.75) is 6.92 Å². The highest BCUT2D eigenvalue weighted by molar-refractivity contribution is 6.42. The van der Waals surface area contributed by atoms with Gasteiger partial charge in [0.05, 0.1) is 28.3 Å². The van der Waals surface area contributed by atoms with Crippen molar-refractivity contribution in [3.05, 3.63) is 63.6 Å². The van der Waals surface area contributed by atoms with Gasteiger partial charge >= 0.3 is 5.97 Å². The normalized spacial score (nSPS) is 10.9. The van der Waals surface area contributed by atoms with Crippen LogP contribution in [0.15, 0.2) is 42.5 Å². The van der Waals surface area contributed by atoms with Gasteiger partial charge in [0.2, 0.25) is 0 Å². The monoisotopic (exact) mass is 375 g/mol. The number of esters is 1. The van der Waals surface area contributed by atoms with Crippen molar-refractivity contribution < 1.29 is 14.3 Å². The van der Waals surface area contributed by atoms with Crippen molar-refractivity contribution in [2.75, 3.05) is 13.2 Å². The molecule has 2 aromatic carbocycles. The van der Waals surface area contributed by atoms with E-state index < -0.39 is 5.97 Å². The molecule has 0 atom stereocenters.